The lowest BCUT2D eigenvalue weighted by Gasteiger charge is -2.36. The quantitative estimate of drug-likeness (QED) is 0.774. The Balaban J connectivity index is 2.42. The van der Waals surface area contributed by atoms with Crippen LogP contribution < -0.4 is 0 Å². The molecule has 0 aromatic heterocycles. The van der Waals surface area contributed by atoms with Crippen LogP contribution in [0.2, 0.25) is 0 Å². The van der Waals surface area contributed by atoms with E-state index in [-0.39, 0.29) is 5.92 Å². The molecule has 1 fully saturated rings. The van der Waals surface area contributed by atoms with E-state index in [1.54, 1.807) is 0 Å². The summed E-state index contributed by atoms with van der Waals surface area (Å²) in [5.41, 5.74) is 1.72. The smallest absolute Gasteiger partial charge is 0.303 e. The number of rotatable bonds is 6. The van der Waals surface area contributed by atoms with Crippen LogP contribution in [0, 0.1) is 0 Å². The van der Waals surface area contributed by atoms with Gasteiger partial charge in [-0.2, -0.15) is 0 Å². The van der Waals surface area contributed by atoms with Gasteiger partial charge in [-0.25, -0.2) is 4.57 Å². The Hall–Kier alpha value is -0.670. The van der Waals surface area contributed by atoms with Gasteiger partial charge in [-0.3, -0.25) is 4.52 Å². The second-order valence-electron chi connectivity index (χ2n) is 5.89. The summed E-state index contributed by atoms with van der Waals surface area (Å²) in [7, 11) is -4.49. The molecule has 1 aromatic carbocycles. The summed E-state index contributed by atoms with van der Waals surface area (Å²) < 4.78 is 16.8. The Morgan fingerprint density at radius 1 is 1.33 bits per heavy atom. The van der Waals surface area contributed by atoms with Crippen molar-refractivity contribution in [1.82, 2.24) is 0 Å². The summed E-state index contributed by atoms with van der Waals surface area (Å²) in [5.74, 6) is 0.0706. The van der Waals surface area contributed by atoms with Gasteiger partial charge in [0.2, 0.25) is 0 Å². The summed E-state index contributed by atoms with van der Waals surface area (Å²) in [6.45, 7) is 4.14. The molecule has 2 atom stereocenters. The molecule has 2 rings (SSSR count). The van der Waals surface area contributed by atoms with Gasteiger partial charge in [-0.1, -0.05) is 44.5 Å². The zero-order chi connectivity index (χ0) is 15.5. The maximum absolute atomic E-state index is 11.5. The van der Waals surface area contributed by atoms with Crippen LogP contribution in [0.3, 0.4) is 0 Å². The lowest BCUT2D eigenvalue weighted by Crippen LogP contribution is -2.34. The minimum atomic E-state index is -4.49. The zero-order valence-corrected chi connectivity index (χ0v) is 13.7. The first-order valence-electron chi connectivity index (χ1n) is 7.76. The van der Waals surface area contributed by atoms with Gasteiger partial charge in [0.1, 0.15) is 0 Å². The predicted octanol–water partition coefficient (Wildman–Crippen LogP) is 4.16. The average molecular weight is 312 g/mol. The molecule has 0 amide bonds. The molecule has 1 aliphatic carbocycles. The molecule has 0 heterocycles. The Morgan fingerprint density at radius 3 is 2.67 bits per heavy atom. The SMILES string of the molecule is CCCC1(OP(=O)(O)O)CCCC1c1ccccc1CC. The maximum atomic E-state index is 11.5. The number of hydrogen-bond acceptors (Lipinski definition) is 2. The minimum Gasteiger partial charge on any atom is -0.303 e. The topological polar surface area (TPSA) is 66.8 Å². The fraction of sp³-hybridized carbons (Fsp3) is 0.625. The second-order valence-corrected chi connectivity index (χ2v) is 7.06. The summed E-state index contributed by atoms with van der Waals surface area (Å²) in [6.07, 6.45) is 5.05. The molecule has 4 nitrogen and oxygen atoms in total. The van der Waals surface area contributed by atoms with E-state index in [1.807, 2.05) is 19.1 Å². The monoisotopic (exact) mass is 312 g/mol. The molecule has 0 bridgehead atoms. The van der Waals surface area contributed by atoms with E-state index in [0.717, 1.165) is 25.7 Å². The zero-order valence-electron chi connectivity index (χ0n) is 12.8. The number of phosphoric ester groups is 1. The standard InChI is InChI=1S/C16H25O4P/c1-3-11-16(20-21(17,18)19)12-7-10-15(16)14-9-6-5-8-13(14)4-2/h5-6,8-9,15H,3-4,7,10-12H2,1-2H3,(H2,17,18,19). The van der Waals surface area contributed by atoms with E-state index < -0.39 is 13.4 Å². The van der Waals surface area contributed by atoms with Crippen molar-refractivity contribution in [2.45, 2.75) is 63.9 Å². The summed E-state index contributed by atoms with van der Waals surface area (Å²) in [5, 5.41) is 0. The number of hydrogen-bond donors (Lipinski definition) is 2. The lowest BCUT2D eigenvalue weighted by molar-refractivity contribution is 0.0167. The molecule has 21 heavy (non-hydrogen) atoms. The van der Waals surface area contributed by atoms with Gasteiger partial charge in [-0.05, 0) is 43.2 Å². The molecule has 0 saturated heterocycles. The van der Waals surface area contributed by atoms with Crippen LogP contribution in [0.15, 0.2) is 24.3 Å². The normalized spacial score (nSPS) is 26.2. The summed E-state index contributed by atoms with van der Waals surface area (Å²) >= 11 is 0. The van der Waals surface area contributed by atoms with Gasteiger partial charge >= 0.3 is 7.82 Å². The molecule has 2 N–H and O–H groups in total. The third-order valence-electron chi connectivity index (χ3n) is 4.51. The van der Waals surface area contributed by atoms with E-state index in [1.165, 1.54) is 11.1 Å². The van der Waals surface area contributed by atoms with Crippen LogP contribution in [0.25, 0.3) is 0 Å². The van der Waals surface area contributed by atoms with Crippen molar-refractivity contribution >= 4 is 7.82 Å². The molecule has 1 aliphatic rings. The molecule has 1 saturated carbocycles. The highest BCUT2D eigenvalue weighted by Crippen LogP contribution is 2.56. The molecule has 5 heteroatoms. The first-order valence-corrected chi connectivity index (χ1v) is 9.29. The molecule has 0 aliphatic heterocycles. The van der Waals surface area contributed by atoms with Crippen molar-refractivity contribution < 1.29 is 18.9 Å². The lowest BCUT2D eigenvalue weighted by atomic mass is 9.80. The van der Waals surface area contributed by atoms with Gasteiger partial charge in [0.05, 0.1) is 5.60 Å². The molecule has 1 aromatic rings. The van der Waals surface area contributed by atoms with Crippen LogP contribution in [-0.2, 0) is 15.5 Å². The van der Waals surface area contributed by atoms with E-state index in [0.29, 0.717) is 12.8 Å². The maximum Gasteiger partial charge on any atom is 0.470 e. The van der Waals surface area contributed by atoms with E-state index in [2.05, 4.69) is 19.1 Å². The van der Waals surface area contributed by atoms with Gasteiger partial charge in [0.25, 0.3) is 0 Å². The number of aryl methyl sites for hydroxylation is 1. The average Bonchev–Trinajstić information content (AvgIpc) is 2.80. The Morgan fingerprint density at radius 2 is 2.05 bits per heavy atom. The minimum absolute atomic E-state index is 0.0706. The summed E-state index contributed by atoms with van der Waals surface area (Å²) in [4.78, 5) is 18.7. The van der Waals surface area contributed by atoms with E-state index in [9.17, 15) is 14.4 Å². The van der Waals surface area contributed by atoms with Crippen molar-refractivity contribution in [3.63, 3.8) is 0 Å². The highest BCUT2D eigenvalue weighted by atomic mass is 31.2. The Bertz CT molecular complexity index is 525. The molecule has 118 valence electrons. The van der Waals surface area contributed by atoms with Gasteiger partial charge in [0.15, 0.2) is 0 Å². The van der Waals surface area contributed by atoms with Crippen molar-refractivity contribution in [3.8, 4) is 0 Å². The van der Waals surface area contributed by atoms with Crippen molar-refractivity contribution in [2.75, 3.05) is 0 Å². The third kappa shape index (κ3) is 3.75. The largest absolute Gasteiger partial charge is 0.470 e. The fourth-order valence-corrected chi connectivity index (χ4v) is 4.58. The first-order chi connectivity index (χ1) is 9.92. The van der Waals surface area contributed by atoms with Crippen molar-refractivity contribution in [3.05, 3.63) is 35.4 Å². The van der Waals surface area contributed by atoms with Crippen molar-refractivity contribution in [2.24, 2.45) is 0 Å². The molecular formula is C16H25O4P. The number of benzene rings is 1. The highest BCUT2D eigenvalue weighted by Gasteiger charge is 2.48. The van der Waals surface area contributed by atoms with Gasteiger partial charge in [-0.15, -0.1) is 0 Å². The van der Waals surface area contributed by atoms with Crippen LogP contribution in [0.1, 0.15) is 63.0 Å². The summed E-state index contributed by atoms with van der Waals surface area (Å²) in [6, 6.07) is 8.20. The first kappa shape index (κ1) is 16.7. The molecule has 0 spiro atoms. The molecule has 0 radical (unpaired) electrons. The molecular weight excluding hydrogens is 287 g/mol. The van der Waals surface area contributed by atoms with Crippen LogP contribution >= 0.6 is 7.82 Å². The molecule has 2 unspecified atom stereocenters. The van der Waals surface area contributed by atoms with Crippen LogP contribution in [0.5, 0.6) is 0 Å². The van der Waals surface area contributed by atoms with Crippen molar-refractivity contribution in [1.29, 1.82) is 0 Å². The van der Waals surface area contributed by atoms with Gasteiger partial charge < -0.3 is 9.79 Å². The van der Waals surface area contributed by atoms with E-state index >= 15 is 0 Å². The second kappa shape index (κ2) is 6.62. The van der Waals surface area contributed by atoms with Crippen LogP contribution in [0.4, 0.5) is 0 Å². The number of phosphoric acid groups is 1. The van der Waals surface area contributed by atoms with Gasteiger partial charge in [0, 0.05) is 5.92 Å². The Kier molecular flexibility index (Phi) is 5.26. The Labute approximate surface area is 126 Å². The highest BCUT2D eigenvalue weighted by molar-refractivity contribution is 7.46. The third-order valence-corrected chi connectivity index (χ3v) is 5.11. The predicted molar refractivity (Wildman–Crippen MR) is 83.2 cm³/mol. The van der Waals surface area contributed by atoms with E-state index in [4.69, 9.17) is 4.52 Å². The van der Waals surface area contributed by atoms with Crippen LogP contribution in [-0.4, -0.2) is 15.4 Å². The fourth-order valence-electron chi connectivity index (χ4n) is 3.79.